The van der Waals surface area contributed by atoms with E-state index in [9.17, 15) is 9.90 Å². The van der Waals surface area contributed by atoms with E-state index in [2.05, 4.69) is 0 Å². The molecule has 2 aliphatic carbocycles. The highest BCUT2D eigenvalue weighted by atomic mass is 32.2. The number of hydrogen-bond acceptors (Lipinski definition) is 2. The molecule has 102 valence electrons. The maximum Gasteiger partial charge on any atom is 0.336 e. The average Bonchev–Trinajstić information content (AvgIpc) is 2.45. The Morgan fingerprint density at radius 2 is 1.89 bits per heavy atom. The lowest BCUT2D eigenvalue weighted by Gasteiger charge is -2.52. The zero-order valence-corrected chi connectivity index (χ0v) is 11.9. The lowest BCUT2D eigenvalue weighted by molar-refractivity contribution is 0.0692. The Labute approximate surface area is 118 Å². The minimum atomic E-state index is -0.805. The van der Waals surface area contributed by atoms with E-state index in [4.69, 9.17) is 0 Å². The minimum absolute atomic E-state index is 0.463. The van der Waals surface area contributed by atoms with Gasteiger partial charge < -0.3 is 5.11 Å². The molecule has 1 aromatic carbocycles. The summed E-state index contributed by atoms with van der Waals surface area (Å²) in [7, 11) is 0. The van der Waals surface area contributed by atoms with Crippen LogP contribution in [0, 0.1) is 5.41 Å². The molecule has 0 bridgehead atoms. The third kappa shape index (κ3) is 2.40. The zero-order chi connectivity index (χ0) is 13.3. The Morgan fingerprint density at radius 3 is 2.53 bits per heavy atom. The summed E-state index contributed by atoms with van der Waals surface area (Å²) in [4.78, 5) is 12.2. The molecule has 1 unspecified atom stereocenters. The third-order valence-electron chi connectivity index (χ3n) is 4.82. The molecule has 3 rings (SSSR count). The van der Waals surface area contributed by atoms with Crippen LogP contribution in [0.15, 0.2) is 29.2 Å². The Kier molecular flexibility index (Phi) is 3.57. The molecule has 3 heteroatoms. The first kappa shape index (κ1) is 13.0. The van der Waals surface area contributed by atoms with Gasteiger partial charge in [0.1, 0.15) is 0 Å². The molecule has 1 spiro atoms. The van der Waals surface area contributed by atoms with Crippen LogP contribution in [-0.4, -0.2) is 16.3 Å². The number of rotatable bonds is 3. The van der Waals surface area contributed by atoms with Crippen molar-refractivity contribution in [2.24, 2.45) is 5.41 Å². The molecule has 19 heavy (non-hydrogen) atoms. The normalized spacial score (nSPS) is 24.9. The van der Waals surface area contributed by atoms with E-state index < -0.39 is 5.97 Å². The van der Waals surface area contributed by atoms with Gasteiger partial charge in [-0.05, 0) is 43.2 Å². The molecule has 0 aliphatic heterocycles. The highest BCUT2D eigenvalue weighted by Gasteiger charge is 2.47. The number of benzene rings is 1. The van der Waals surface area contributed by atoms with Crippen LogP contribution in [0.25, 0.3) is 0 Å². The number of carboxylic acid groups (broad SMARTS) is 1. The minimum Gasteiger partial charge on any atom is -0.478 e. The maximum absolute atomic E-state index is 11.3. The molecule has 2 nitrogen and oxygen atoms in total. The van der Waals surface area contributed by atoms with Gasteiger partial charge in [-0.1, -0.05) is 31.4 Å². The van der Waals surface area contributed by atoms with Crippen molar-refractivity contribution in [2.45, 2.75) is 55.1 Å². The van der Waals surface area contributed by atoms with E-state index >= 15 is 0 Å². The topological polar surface area (TPSA) is 37.3 Å². The number of hydrogen-bond donors (Lipinski definition) is 1. The summed E-state index contributed by atoms with van der Waals surface area (Å²) in [6, 6.07) is 7.44. The summed E-state index contributed by atoms with van der Waals surface area (Å²) >= 11 is 1.81. The summed E-state index contributed by atoms with van der Waals surface area (Å²) < 4.78 is 0. The van der Waals surface area contributed by atoms with Crippen molar-refractivity contribution in [3.8, 4) is 0 Å². The van der Waals surface area contributed by atoms with Gasteiger partial charge in [0.15, 0.2) is 0 Å². The maximum atomic E-state index is 11.3. The fourth-order valence-corrected chi connectivity index (χ4v) is 5.17. The SMILES string of the molecule is O=C(O)c1ccccc1SC1CCC12CCCCC2. The molecule has 1 N–H and O–H groups in total. The van der Waals surface area contributed by atoms with Gasteiger partial charge in [-0.3, -0.25) is 0 Å². The molecule has 2 saturated carbocycles. The van der Waals surface area contributed by atoms with E-state index in [0.29, 0.717) is 16.2 Å². The number of aromatic carboxylic acids is 1. The fourth-order valence-electron chi connectivity index (χ4n) is 3.58. The Morgan fingerprint density at radius 1 is 1.16 bits per heavy atom. The number of carboxylic acids is 1. The summed E-state index contributed by atoms with van der Waals surface area (Å²) in [6.45, 7) is 0. The first-order valence-electron chi connectivity index (χ1n) is 7.20. The smallest absolute Gasteiger partial charge is 0.336 e. The van der Waals surface area contributed by atoms with Crippen molar-refractivity contribution >= 4 is 17.7 Å². The largest absolute Gasteiger partial charge is 0.478 e. The van der Waals surface area contributed by atoms with Crippen LogP contribution in [0.5, 0.6) is 0 Å². The molecule has 0 radical (unpaired) electrons. The van der Waals surface area contributed by atoms with E-state index in [0.717, 1.165) is 4.90 Å². The molecule has 2 fully saturated rings. The van der Waals surface area contributed by atoms with Gasteiger partial charge >= 0.3 is 5.97 Å². The Balaban J connectivity index is 1.77. The predicted octanol–water partition coefficient (Wildman–Crippen LogP) is 4.59. The van der Waals surface area contributed by atoms with Crippen molar-refractivity contribution in [1.29, 1.82) is 0 Å². The summed E-state index contributed by atoms with van der Waals surface area (Å²) in [5.74, 6) is -0.805. The van der Waals surface area contributed by atoms with Crippen LogP contribution in [0.3, 0.4) is 0 Å². The first-order chi connectivity index (χ1) is 9.21. The van der Waals surface area contributed by atoms with E-state index in [-0.39, 0.29) is 0 Å². The molecule has 0 amide bonds. The van der Waals surface area contributed by atoms with E-state index in [1.807, 2.05) is 30.0 Å². The molecular formula is C16H20O2S. The monoisotopic (exact) mass is 276 g/mol. The average molecular weight is 276 g/mol. The van der Waals surface area contributed by atoms with Crippen molar-refractivity contribution in [3.63, 3.8) is 0 Å². The summed E-state index contributed by atoms with van der Waals surface area (Å²) in [5.41, 5.74) is 0.986. The molecule has 0 heterocycles. The number of thioether (sulfide) groups is 1. The second kappa shape index (κ2) is 5.20. The Bertz CT molecular complexity index is 477. The summed E-state index contributed by atoms with van der Waals surface area (Å²) in [6.07, 6.45) is 9.39. The lowest BCUT2D eigenvalue weighted by atomic mass is 9.60. The van der Waals surface area contributed by atoms with Gasteiger partial charge in [0, 0.05) is 10.1 Å². The van der Waals surface area contributed by atoms with Crippen LogP contribution >= 0.6 is 11.8 Å². The van der Waals surface area contributed by atoms with E-state index in [1.54, 1.807) is 6.07 Å². The molecule has 1 atom stereocenters. The quantitative estimate of drug-likeness (QED) is 0.877. The van der Waals surface area contributed by atoms with Gasteiger partial charge in [0.05, 0.1) is 5.56 Å². The predicted molar refractivity (Wildman–Crippen MR) is 77.8 cm³/mol. The molecule has 0 aromatic heterocycles. The Hall–Kier alpha value is -0.960. The summed E-state index contributed by atoms with van der Waals surface area (Å²) in [5, 5.41) is 9.89. The fraction of sp³-hybridized carbons (Fsp3) is 0.562. The van der Waals surface area contributed by atoms with Crippen molar-refractivity contribution in [1.82, 2.24) is 0 Å². The first-order valence-corrected chi connectivity index (χ1v) is 8.08. The van der Waals surface area contributed by atoms with Crippen molar-refractivity contribution in [3.05, 3.63) is 29.8 Å². The van der Waals surface area contributed by atoms with Gasteiger partial charge in [0.25, 0.3) is 0 Å². The molecule has 1 aromatic rings. The molecule has 2 aliphatic rings. The van der Waals surface area contributed by atoms with Crippen LogP contribution in [-0.2, 0) is 0 Å². The number of carbonyl (C=O) groups is 1. The van der Waals surface area contributed by atoms with Crippen molar-refractivity contribution < 1.29 is 9.90 Å². The highest BCUT2D eigenvalue weighted by molar-refractivity contribution is 8.00. The van der Waals surface area contributed by atoms with E-state index in [1.165, 1.54) is 44.9 Å². The van der Waals surface area contributed by atoms with Crippen LogP contribution in [0.1, 0.15) is 55.3 Å². The highest BCUT2D eigenvalue weighted by Crippen LogP contribution is 2.58. The molecule has 0 saturated heterocycles. The van der Waals surface area contributed by atoms with Crippen molar-refractivity contribution in [2.75, 3.05) is 0 Å². The lowest BCUT2D eigenvalue weighted by Crippen LogP contribution is -2.44. The van der Waals surface area contributed by atoms with Gasteiger partial charge in [-0.25, -0.2) is 4.79 Å². The zero-order valence-electron chi connectivity index (χ0n) is 11.1. The van der Waals surface area contributed by atoms with Crippen LogP contribution in [0.2, 0.25) is 0 Å². The standard InChI is InChI=1S/C16H20O2S/c17-15(18)12-6-2-3-7-13(12)19-14-8-11-16(14)9-4-1-5-10-16/h2-3,6-7,14H,1,4-5,8-11H2,(H,17,18). The molecular weight excluding hydrogens is 256 g/mol. The van der Waals surface area contributed by atoms with Gasteiger partial charge in [-0.15, -0.1) is 11.8 Å². The second-order valence-electron chi connectivity index (χ2n) is 5.87. The van der Waals surface area contributed by atoms with Crippen LogP contribution in [0.4, 0.5) is 0 Å². The van der Waals surface area contributed by atoms with Gasteiger partial charge in [-0.2, -0.15) is 0 Å². The third-order valence-corrected chi connectivity index (χ3v) is 6.45. The van der Waals surface area contributed by atoms with Crippen LogP contribution < -0.4 is 0 Å². The second-order valence-corrected chi connectivity index (χ2v) is 7.11. The van der Waals surface area contributed by atoms with Gasteiger partial charge in [0.2, 0.25) is 0 Å².